The molecular formula is C14H23NO3. The summed E-state index contributed by atoms with van der Waals surface area (Å²) >= 11 is 0. The third-order valence-electron chi connectivity index (χ3n) is 2.34. The molecule has 0 bridgehead atoms. The van der Waals surface area contributed by atoms with Gasteiger partial charge in [0.15, 0.2) is 0 Å². The molecule has 0 aliphatic heterocycles. The normalized spacial score (nSPS) is 11.6. The molecule has 0 aromatic rings. The molecule has 4 heteroatoms. The summed E-state index contributed by atoms with van der Waals surface area (Å²) < 4.78 is 4.57. The van der Waals surface area contributed by atoms with Crippen LogP contribution in [0.5, 0.6) is 0 Å². The van der Waals surface area contributed by atoms with Crippen LogP contribution in [0.2, 0.25) is 0 Å². The van der Waals surface area contributed by atoms with E-state index in [-0.39, 0.29) is 11.6 Å². The Balaban J connectivity index is 4.17. The summed E-state index contributed by atoms with van der Waals surface area (Å²) in [4.78, 5) is 22.2. The summed E-state index contributed by atoms with van der Waals surface area (Å²) in [7, 11) is 1.28. The Morgan fingerprint density at radius 1 is 1.22 bits per heavy atom. The lowest BCUT2D eigenvalue weighted by Gasteiger charge is -2.04. The standard InChI is InChI=1S/C14H23NO3/c1-4-5-6-7-8-9-10-11-13(14(17)18-3)15-12(2)16/h9-11H,4-8H2,1-3H3,(H,15,16)/b10-9+,13-11-. The van der Waals surface area contributed by atoms with E-state index in [0.717, 1.165) is 12.8 Å². The monoisotopic (exact) mass is 253 g/mol. The molecule has 0 unspecified atom stereocenters. The van der Waals surface area contributed by atoms with Crippen molar-refractivity contribution in [2.45, 2.75) is 46.0 Å². The number of esters is 1. The van der Waals surface area contributed by atoms with E-state index >= 15 is 0 Å². The van der Waals surface area contributed by atoms with Crippen LogP contribution in [-0.4, -0.2) is 19.0 Å². The average molecular weight is 253 g/mol. The number of allylic oxidation sites excluding steroid dienone is 3. The second-order valence-electron chi connectivity index (χ2n) is 4.03. The van der Waals surface area contributed by atoms with Crippen molar-refractivity contribution in [3.05, 3.63) is 23.9 Å². The molecule has 102 valence electrons. The van der Waals surface area contributed by atoms with E-state index in [0.29, 0.717) is 0 Å². The topological polar surface area (TPSA) is 55.4 Å². The van der Waals surface area contributed by atoms with E-state index in [1.54, 1.807) is 12.2 Å². The first-order valence-corrected chi connectivity index (χ1v) is 6.34. The van der Waals surface area contributed by atoms with Gasteiger partial charge in [-0.3, -0.25) is 4.79 Å². The molecule has 0 aromatic carbocycles. The Morgan fingerprint density at radius 3 is 2.50 bits per heavy atom. The van der Waals surface area contributed by atoms with Crippen molar-refractivity contribution in [1.29, 1.82) is 0 Å². The van der Waals surface area contributed by atoms with Gasteiger partial charge in [-0.2, -0.15) is 0 Å². The van der Waals surface area contributed by atoms with Crippen molar-refractivity contribution in [1.82, 2.24) is 5.32 Å². The molecule has 1 amide bonds. The van der Waals surface area contributed by atoms with E-state index < -0.39 is 5.97 Å². The van der Waals surface area contributed by atoms with E-state index in [1.807, 2.05) is 6.08 Å². The highest BCUT2D eigenvalue weighted by atomic mass is 16.5. The fourth-order valence-corrected chi connectivity index (χ4v) is 1.41. The first kappa shape index (κ1) is 16.4. The maximum Gasteiger partial charge on any atom is 0.354 e. The highest BCUT2D eigenvalue weighted by Crippen LogP contribution is 2.03. The number of carbonyl (C=O) groups is 2. The van der Waals surface area contributed by atoms with Crippen LogP contribution in [0.15, 0.2) is 23.9 Å². The molecular weight excluding hydrogens is 230 g/mol. The van der Waals surface area contributed by atoms with Gasteiger partial charge in [0.25, 0.3) is 0 Å². The summed E-state index contributed by atoms with van der Waals surface area (Å²) in [5.74, 6) is -0.830. The predicted molar refractivity (Wildman–Crippen MR) is 71.8 cm³/mol. The van der Waals surface area contributed by atoms with Gasteiger partial charge in [0, 0.05) is 6.92 Å². The lowest BCUT2D eigenvalue weighted by molar-refractivity contribution is -0.137. The maximum absolute atomic E-state index is 11.3. The van der Waals surface area contributed by atoms with Crippen LogP contribution in [0.3, 0.4) is 0 Å². The molecule has 18 heavy (non-hydrogen) atoms. The van der Waals surface area contributed by atoms with Gasteiger partial charge in [0.1, 0.15) is 5.70 Å². The molecule has 0 fully saturated rings. The van der Waals surface area contributed by atoms with E-state index in [1.165, 1.54) is 33.3 Å². The van der Waals surface area contributed by atoms with Crippen LogP contribution in [0.25, 0.3) is 0 Å². The number of amides is 1. The lowest BCUT2D eigenvalue weighted by atomic mass is 10.1. The van der Waals surface area contributed by atoms with Gasteiger partial charge in [-0.25, -0.2) is 4.79 Å². The van der Waals surface area contributed by atoms with Gasteiger partial charge >= 0.3 is 5.97 Å². The second-order valence-corrected chi connectivity index (χ2v) is 4.03. The zero-order valence-electron chi connectivity index (χ0n) is 11.5. The molecule has 0 spiro atoms. The third kappa shape index (κ3) is 8.56. The van der Waals surface area contributed by atoms with Gasteiger partial charge in [-0.05, 0) is 18.9 Å². The van der Waals surface area contributed by atoms with Crippen LogP contribution in [-0.2, 0) is 14.3 Å². The Labute approximate surface area is 109 Å². The van der Waals surface area contributed by atoms with Crippen LogP contribution in [0, 0.1) is 0 Å². The zero-order valence-corrected chi connectivity index (χ0v) is 11.5. The minimum absolute atomic E-state index is 0.162. The molecule has 0 radical (unpaired) electrons. The van der Waals surface area contributed by atoms with E-state index in [4.69, 9.17) is 0 Å². The Bertz CT molecular complexity index is 319. The van der Waals surface area contributed by atoms with Gasteiger partial charge in [0.05, 0.1) is 7.11 Å². The van der Waals surface area contributed by atoms with Crippen molar-refractivity contribution in [3.8, 4) is 0 Å². The summed E-state index contributed by atoms with van der Waals surface area (Å²) in [5.41, 5.74) is 0.162. The highest BCUT2D eigenvalue weighted by molar-refractivity contribution is 5.93. The van der Waals surface area contributed by atoms with E-state index in [2.05, 4.69) is 17.0 Å². The fourth-order valence-electron chi connectivity index (χ4n) is 1.41. The number of nitrogens with one attached hydrogen (secondary N) is 1. The SMILES string of the molecule is CCCCCC/C=C/C=C(\NC(C)=O)C(=O)OC. The average Bonchev–Trinajstić information content (AvgIpc) is 2.34. The minimum atomic E-state index is -0.541. The van der Waals surface area contributed by atoms with E-state index in [9.17, 15) is 9.59 Å². The molecule has 4 nitrogen and oxygen atoms in total. The lowest BCUT2D eigenvalue weighted by Crippen LogP contribution is -2.25. The largest absolute Gasteiger partial charge is 0.464 e. The number of hydrogen-bond donors (Lipinski definition) is 1. The molecule has 1 N–H and O–H groups in total. The Hall–Kier alpha value is -1.58. The molecule has 0 atom stereocenters. The molecule has 0 saturated heterocycles. The summed E-state index contributed by atoms with van der Waals surface area (Å²) in [5, 5.41) is 2.44. The predicted octanol–water partition coefficient (Wildman–Crippen LogP) is 2.71. The first-order chi connectivity index (χ1) is 8.61. The highest BCUT2D eigenvalue weighted by Gasteiger charge is 2.09. The number of unbranched alkanes of at least 4 members (excludes halogenated alkanes) is 4. The minimum Gasteiger partial charge on any atom is -0.464 e. The molecule has 0 aliphatic rings. The maximum atomic E-state index is 11.3. The third-order valence-corrected chi connectivity index (χ3v) is 2.34. The number of ether oxygens (including phenoxy) is 1. The fraction of sp³-hybridized carbons (Fsp3) is 0.571. The number of methoxy groups -OCH3 is 1. The molecule has 0 heterocycles. The van der Waals surface area contributed by atoms with Gasteiger partial charge in [0.2, 0.25) is 5.91 Å². The zero-order chi connectivity index (χ0) is 13.8. The second kappa shape index (κ2) is 10.6. The smallest absolute Gasteiger partial charge is 0.354 e. The van der Waals surface area contributed by atoms with Crippen molar-refractivity contribution in [3.63, 3.8) is 0 Å². The van der Waals surface area contributed by atoms with Crippen molar-refractivity contribution in [2.24, 2.45) is 0 Å². The van der Waals surface area contributed by atoms with Crippen molar-refractivity contribution in [2.75, 3.05) is 7.11 Å². The number of carbonyl (C=O) groups excluding carboxylic acids is 2. The Morgan fingerprint density at radius 2 is 1.94 bits per heavy atom. The summed E-state index contributed by atoms with van der Waals surface area (Å²) in [6.45, 7) is 3.53. The van der Waals surface area contributed by atoms with Gasteiger partial charge in [-0.15, -0.1) is 0 Å². The summed E-state index contributed by atoms with van der Waals surface area (Å²) in [6.07, 6.45) is 11.1. The number of rotatable bonds is 8. The number of hydrogen-bond acceptors (Lipinski definition) is 3. The van der Waals surface area contributed by atoms with Crippen LogP contribution in [0.1, 0.15) is 46.0 Å². The van der Waals surface area contributed by atoms with Crippen LogP contribution < -0.4 is 5.32 Å². The molecule has 0 aromatic heterocycles. The van der Waals surface area contributed by atoms with Crippen molar-refractivity contribution >= 4 is 11.9 Å². The Kier molecular flexibility index (Phi) is 9.64. The van der Waals surface area contributed by atoms with Crippen LogP contribution in [0.4, 0.5) is 0 Å². The molecule has 0 saturated carbocycles. The first-order valence-electron chi connectivity index (χ1n) is 6.34. The molecule has 0 rings (SSSR count). The van der Waals surface area contributed by atoms with Crippen LogP contribution >= 0.6 is 0 Å². The quantitative estimate of drug-likeness (QED) is 0.313. The van der Waals surface area contributed by atoms with Crippen molar-refractivity contribution < 1.29 is 14.3 Å². The summed E-state index contributed by atoms with van der Waals surface area (Å²) in [6, 6.07) is 0. The van der Waals surface area contributed by atoms with Gasteiger partial charge < -0.3 is 10.1 Å². The van der Waals surface area contributed by atoms with Gasteiger partial charge in [-0.1, -0.05) is 38.3 Å². The molecule has 0 aliphatic carbocycles.